The number of amides is 1. The van der Waals surface area contributed by atoms with E-state index in [-0.39, 0.29) is 11.7 Å². The van der Waals surface area contributed by atoms with Crippen LogP contribution in [0.5, 0.6) is 0 Å². The molecule has 2 aliphatic rings. The minimum Gasteiger partial charge on any atom is -0.365 e. The Balaban J connectivity index is 1.48. The van der Waals surface area contributed by atoms with E-state index in [1.54, 1.807) is 7.05 Å². The van der Waals surface area contributed by atoms with Gasteiger partial charge in [0.1, 0.15) is 11.6 Å². The Hall–Kier alpha value is -2.70. The number of nitrogens with one attached hydrogen (secondary N) is 2. The first-order valence-corrected chi connectivity index (χ1v) is 9.61. The molecule has 1 aliphatic heterocycles. The van der Waals surface area contributed by atoms with E-state index < -0.39 is 0 Å². The number of carbonyl (C=O) groups excluding carboxylic acids is 1. The molecule has 7 nitrogen and oxygen atoms in total. The van der Waals surface area contributed by atoms with Crippen LogP contribution in [-0.4, -0.2) is 47.0 Å². The molecule has 3 heterocycles. The second-order valence-corrected chi connectivity index (χ2v) is 7.46. The normalized spacial score (nSPS) is 19.2. The molecule has 0 spiro atoms. The van der Waals surface area contributed by atoms with E-state index in [1.165, 1.54) is 18.5 Å². The Morgan fingerprint density at radius 2 is 1.96 bits per heavy atom. The van der Waals surface area contributed by atoms with E-state index in [4.69, 9.17) is 4.98 Å². The number of aromatic nitrogens is 3. The van der Waals surface area contributed by atoms with Crippen molar-refractivity contribution < 1.29 is 4.79 Å². The lowest BCUT2D eigenvalue weighted by Gasteiger charge is -2.21. The Labute approximate surface area is 159 Å². The van der Waals surface area contributed by atoms with Crippen molar-refractivity contribution in [1.82, 2.24) is 20.3 Å². The van der Waals surface area contributed by atoms with Crippen LogP contribution in [0.4, 0.5) is 11.6 Å². The smallest absolute Gasteiger partial charge is 0.288 e. The van der Waals surface area contributed by atoms with Gasteiger partial charge in [0, 0.05) is 49.0 Å². The Morgan fingerprint density at radius 3 is 2.70 bits per heavy atom. The van der Waals surface area contributed by atoms with Crippen LogP contribution in [0.15, 0.2) is 18.2 Å². The van der Waals surface area contributed by atoms with Gasteiger partial charge in [0.2, 0.25) is 5.82 Å². The van der Waals surface area contributed by atoms with E-state index in [0.717, 1.165) is 42.4 Å². The molecule has 0 radical (unpaired) electrons. The molecule has 7 heteroatoms. The second-order valence-electron chi connectivity index (χ2n) is 7.46. The van der Waals surface area contributed by atoms with E-state index in [1.807, 2.05) is 19.9 Å². The summed E-state index contributed by atoms with van der Waals surface area (Å²) in [7, 11) is 1.60. The lowest BCUT2D eigenvalue weighted by Crippen LogP contribution is -2.29. The molecule has 0 bridgehead atoms. The predicted octanol–water partition coefficient (Wildman–Crippen LogP) is 2.42. The Kier molecular flexibility index (Phi) is 4.68. The molecule has 142 valence electrons. The van der Waals surface area contributed by atoms with Crippen molar-refractivity contribution in [2.75, 3.05) is 30.4 Å². The van der Waals surface area contributed by atoms with E-state index >= 15 is 0 Å². The van der Waals surface area contributed by atoms with Crippen molar-refractivity contribution >= 4 is 17.5 Å². The number of nitrogens with zero attached hydrogens (tertiary/aromatic N) is 4. The molecular weight excluding hydrogens is 340 g/mol. The number of hydrogen-bond donors (Lipinski definition) is 2. The van der Waals surface area contributed by atoms with Gasteiger partial charge in [-0.05, 0) is 45.2 Å². The molecule has 0 unspecified atom stereocenters. The minimum absolute atomic E-state index is 0.228. The Bertz CT molecular complexity index is 864. The van der Waals surface area contributed by atoms with Crippen LogP contribution >= 0.6 is 0 Å². The van der Waals surface area contributed by atoms with Gasteiger partial charge in [-0.1, -0.05) is 6.07 Å². The molecule has 4 rings (SSSR count). The third-order valence-corrected chi connectivity index (χ3v) is 5.40. The van der Waals surface area contributed by atoms with Gasteiger partial charge in [-0.3, -0.25) is 4.79 Å². The number of hydrogen-bond acceptors (Lipinski definition) is 6. The molecule has 1 saturated carbocycles. The molecule has 1 atom stereocenters. The highest BCUT2D eigenvalue weighted by Gasteiger charge is 2.28. The van der Waals surface area contributed by atoms with Crippen molar-refractivity contribution in [3.8, 4) is 0 Å². The van der Waals surface area contributed by atoms with Gasteiger partial charge >= 0.3 is 0 Å². The van der Waals surface area contributed by atoms with Gasteiger partial charge in [-0.2, -0.15) is 0 Å². The average molecular weight is 366 g/mol. The first-order valence-electron chi connectivity index (χ1n) is 9.61. The third kappa shape index (κ3) is 3.72. The summed E-state index contributed by atoms with van der Waals surface area (Å²) in [6.45, 7) is 5.66. The van der Waals surface area contributed by atoms with Crippen molar-refractivity contribution in [3.63, 3.8) is 0 Å². The largest absolute Gasteiger partial charge is 0.365 e. The molecule has 2 aromatic rings. The number of rotatable bonds is 5. The maximum absolute atomic E-state index is 12.0. The van der Waals surface area contributed by atoms with Gasteiger partial charge in [0.05, 0.1) is 0 Å². The first-order chi connectivity index (χ1) is 13.0. The maximum atomic E-state index is 12.0. The number of anilines is 2. The first kappa shape index (κ1) is 17.7. The predicted molar refractivity (Wildman–Crippen MR) is 105 cm³/mol. The monoisotopic (exact) mass is 366 g/mol. The molecule has 2 fully saturated rings. The fourth-order valence-electron chi connectivity index (χ4n) is 3.55. The molecule has 1 aliphatic carbocycles. The van der Waals surface area contributed by atoms with Crippen molar-refractivity contribution in [1.29, 1.82) is 0 Å². The zero-order valence-electron chi connectivity index (χ0n) is 16.1. The average Bonchev–Trinajstić information content (AvgIpc) is 3.43. The van der Waals surface area contributed by atoms with Gasteiger partial charge in [-0.15, -0.1) is 0 Å². The van der Waals surface area contributed by atoms with Crippen LogP contribution < -0.4 is 15.5 Å². The van der Waals surface area contributed by atoms with Crippen LogP contribution in [0.1, 0.15) is 52.8 Å². The zero-order chi connectivity index (χ0) is 19.0. The van der Waals surface area contributed by atoms with Gasteiger partial charge < -0.3 is 15.5 Å². The quantitative estimate of drug-likeness (QED) is 0.846. The SMILES string of the molecule is CNC(=O)c1nc(C)c(C)c(N2CC[C@@H](Nc3cccc(C4CC4)n3)C2)n1. The van der Waals surface area contributed by atoms with Gasteiger partial charge in [0.25, 0.3) is 5.91 Å². The molecule has 27 heavy (non-hydrogen) atoms. The van der Waals surface area contributed by atoms with Crippen LogP contribution in [-0.2, 0) is 0 Å². The molecule has 0 aromatic carbocycles. The summed E-state index contributed by atoms with van der Waals surface area (Å²) >= 11 is 0. The summed E-state index contributed by atoms with van der Waals surface area (Å²) < 4.78 is 0. The van der Waals surface area contributed by atoms with Crippen LogP contribution in [0.25, 0.3) is 0 Å². The highest BCUT2D eigenvalue weighted by molar-refractivity contribution is 5.90. The fourth-order valence-corrected chi connectivity index (χ4v) is 3.55. The van der Waals surface area contributed by atoms with Crippen molar-refractivity contribution in [2.45, 2.75) is 45.1 Å². The summed E-state index contributed by atoms with van der Waals surface area (Å²) in [5, 5.41) is 6.17. The summed E-state index contributed by atoms with van der Waals surface area (Å²) in [5.41, 5.74) is 3.07. The van der Waals surface area contributed by atoms with Crippen LogP contribution in [0, 0.1) is 13.8 Å². The third-order valence-electron chi connectivity index (χ3n) is 5.40. The number of carbonyl (C=O) groups is 1. The fraction of sp³-hybridized carbons (Fsp3) is 0.500. The van der Waals surface area contributed by atoms with Crippen LogP contribution in [0.3, 0.4) is 0 Å². The molecule has 1 amide bonds. The Morgan fingerprint density at radius 1 is 1.15 bits per heavy atom. The zero-order valence-corrected chi connectivity index (χ0v) is 16.1. The van der Waals surface area contributed by atoms with E-state index in [9.17, 15) is 4.79 Å². The molecule has 2 aromatic heterocycles. The second kappa shape index (κ2) is 7.13. The van der Waals surface area contributed by atoms with Crippen molar-refractivity contribution in [2.24, 2.45) is 0 Å². The maximum Gasteiger partial charge on any atom is 0.288 e. The van der Waals surface area contributed by atoms with Crippen molar-refractivity contribution in [3.05, 3.63) is 41.0 Å². The highest BCUT2D eigenvalue weighted by Crippen LogP contribution is 2.39. The lowest BCUT2D eigenvalue weighted by molar-refractivity contribution is 0.0952. The molecule has 1 saturated heterocycles. The van der Waals surface area contributed by atoms with E-state index in [0.29, 0.717) is 12.0 Å². The summed E-state index contributed by atoms with van der Waals surface area (Å²) in [4.78, 5) is 27.8. The topological polar surface area (TPSA) is 83.0 Å². The molecular formula is C20H26N6O. The highest BCUT2D eigenvalue weighted by atomic mass is 16.2. The summed E-state index contributed by atoms with van der Waals surface area (Å²) in [6.07, 6.45) is 3.52. The summed E-state index contributed by atoms with van der Waals surface area (Å²) in [5.74, 6) is 2.43. The van der Waals surface area contributed by atoms with Gasteiger partial charge in [-0.25, -0.2) is 15.0 Å². The number of aryl methyl sites for hydroxylation is 1. The summed E-state index contributed by atoms with van der Waals surface area (Å²) in [6, 6.07) is 6.56. The van der Waals surface area contributed by atoms with Crippen LogP contribution in [0.2, 0.25) is 0 Å². The standard InChI is InChI=1S/C20H26N6O/c1-12-13(2)22-18(20(27)21-3)25-19(12)26-10-9-15(11-26)23-17-6-4-5-16(24-17)14-7-8-14/h4-6,14-15H,7-11H2,1-3H3,(H,21,27)(H,23,24)/t15-/m1/s1. The number of pyridine rings is 1. The molecule has 2 N–H and O–H groups in total. The van der Waals surface area contributed by atoms with E-state index in [2.05, 4.69) is 37.6 Å². The lowest BCUT2D eigenvalue weighted by atomic mass is 10.2. The minimum atomic E-state index is -0.255. The van der Waals surface area contributed by atoms with Gasteiger partial charge in [0.15, 0.2) is 0 Å².